The molecule has 2 saturated heterocycles. The minimum Gasteiger partial charge on any atom is -0.478 e. The maximum Gasteiger partial charge on any atom is 0.337 e. The van der Waals surface area contributed by atoms with Gasteiger partial charge in [0.15, 0.2) is 0 Å². The van der Waals surface area contributed by atoms with Gasteiger partial charge in [0.2, 0.25) is 0 Å². The molecular formula is C18H20ClN3O2. The summed E-state index contributed by atoms with van der Waals surface area (Å²) in [6.07, 6.45) is 3.79. The highest BCUT2D eigenvalue weighted by molar-refractivity contribution is 6.35. The van der Waals surface area contributed by atoms with Gasteiger partial charge < -0.3 is 10.0 Å². The first-order chi connectivity index (χ1) is 11.6. The van der Waals surface area contributed by atoms with Gasteiger partial charge in [0.25, 0.3) is 0 Å². The summed E-state index contributed by atoms with van der Waals surface area (Å²) in [5, 5.41) is 10.2. The molecule has 1 N–H and O–H groups in total. The SMILES string of the molecule is O=C(O)c1c(Cl)ccc2nc(N3CCC(N4CCCC4)C3)ccc12. The van der Waals surface area contributed by atoms with Crippen LogP contribution in [-0.4, -0.2) is 53.2 Å². The molecule has 0 amide bonds. The lowest BCUT2D eigenvalue weighted by atomic mass is 10.1. The van der Waals surface area contributed by atoms with Crippen LogP contribution in [0.2, 0.25) is 5.02 Å². The first kappa shape index (κ1) is 15.7. The zero-order valence-electron chi connectivity index (χ0n) is 13.4. The summed E-state index contributed by atoms with van der Waals surface area (Å²) >= 11 is 6.03. The molecule has 0 radical (unpaired) electrons. The Bertz CT molecular complexity index is 789. The number of hydrogen-bond donors (Lipinski definition) is 1. The summed E-state index contributed by atoms with van der Waals surface area (Å²) in [5.41, 5.74) is 0.809. The minimum atomic E-state index is -1.02. The van der Waals surface area contributed by atoms with Crippen molar-refractivity contribution in [2.45, 2.75) is 25.3 Å². The molecule has 2 aromatic rings. The zero-order valence-corrected chi connectivity index (χ0v) is 14.2. The standard InChI is InChI=1S/C18H20ClN3O2/c19-14-4-5-15-13(17(14)18(23)24)3-6-16(20-15)22-10-7-12(11-22)21-8-1-2-9-21/h3-6,12H,1-2,7-11H2,(H,23,24). The summed E-state index contributed by atoms with van der Waals surface area (Å²) < 4.78 is 0. The van der Waals surface area contributed by atoms with Gasteiger partial charge in [-0.3, -0.25) is 4.90 Å². The Morgan fingerprint density at radius 2 is 1.96 bits per heavy atom. The van der Waals surface area contributed by atoms with Crippen molar-refractivity contribution < 1.29 is 9.90 Å². The molecule has 2 aliphatic rings. The Labute approximate surface area is 145 Å². The highest BCUT2D eigenvalue weighted by atomic mass is 35.5. The fourth-order valence-electron chi connectivity index (χ4n) is 3.91. The summed E-state index contributed by atoms with van der Waals surface area (Å²) in [5.74, 6) is -0.0988. The number of rotatable bonds is 3. The van der Waals surface area contributed by atoms with Gasteiger partial charge in [-0.1, -0.05) is 11.6 Å². The van der Waals surface area contributed by atoms with Crippen molar-refractivity contribution in [3.05, 3.63) is 34.9 Å². The molecule has 6 heteroatoms. The van der Waals surface area contributed by atoms with Crippen LogP contribution in [0.3, 0.4) is 0 Å². The van der Waals surface area contributed by atoms with Crippen LogP contribution in [0.4, 0.5) is 5.82 Å². The summed E-state index contributed by atoms with van der Waals surface area (Å²) in [7, 11) is 0. The molecule has 5 nitrogen and oxygen atoms in total. The van der Waals surface area contributed by atoms with Crippen molar-refractivity contribution in [2.75, 3.05) is 31.1 Å². The monoisotopic (exact) mass is 345 g/mol. The molecule has 1 aromatic carbocycles. The van der Waals surface area contributed by atoms with E-state index in [2.05, 4.69) is 14.8 Å². The number of anilines is 1. The molecule has 3 heterocycles. The molecule has 1 unspecified atom stereocenters. The van der Waals surface area contributed by atoms with Crippen LogP contribution in [0.5, 0.6) is 0 Å². The molecule has 24 heavy (non-hydrogen) atoms. The first-order valence-electron chi connectivity index (χ1n) is 8.45. The third-order valence-corrected chi connectivity index (χ3v) is 5.48. The van der Waals surface area contributed by atoms with E-state index in [0.29, 0.717) is 16.9 Å². The third kappa shape index (κ3) is 2.72. The summed E-state index contributed by atoms with van der Waals surface area (Å²) in [4.78, 5) is 21.0. The molecule has 0 bridgehead atoms. The number of fused-ring (bicyclic) bond motifs is 1. The Morgan fingerprint density at radius 3 is 2.71 bits per heavy atom. The molecule has 2 fully saturated rings. The number of hydrogen-bond acceptors (Lipinski definition) is 4. The quantitative estimate of drug-likeness (QED) is 0.925. The number of carbonyl (C=O) groups is 1. The molecule has 1 aromatic heterocycles. The van der Waals surface area contributed by atoms with Crippen LogP contribution in [-0.2, 0) is 0 Å². The van der Waals surface area contributed by atoms with Crippen molar-refractivity contribution in [1.29, 1.82) is 0 Å². The van der Waals surface area contributed by atoms with Gasteiger partial charge in [-0.05, 0) is 56.6 Å². The molecule has 126 valence electrons. The van der Waals surface area contributed by atoms with E-state index in [1.54, 1.807) is 12.1 Å². The van der Waals surface area contributed by atoms with Crippen molar-refractivity contribution in [1.82, 2.24) is 9.88 Å². The van der Waals surface area contributed by atoms with Crippen LogP contribution < -0.4 is 4.90 Å². The lowest BCUT2D eigenvalue weighted by Gasteiger charge is -2.24. The number of carboxylic acid groups (broad SMARTS) is 1. The van der Waals surface area contributed by atoms with Gasteiger partial charge in [-0.25, -0.2) is 9.78 Å². The Hall–Kier alpha value is -1.85. The molecule has 0 aliphatic carbocycles. The largest absolute Gasteiger partial charge is 0.478 e. The highest BCUT2D eigenvalue weighted by Crippen LogP contribution is 2.29. The van der Waals surface area contributed by atoms with Crippen molar-refractivity contribution in [3.8, 4) is 0 Å². The number of benzene rings is 1. The van der Waals surface area contributed by atoms with Gasteiger partial charge in [0.05, 0.1) is 16.1 Å². The second kappa shape index (κ2) is 6.22. The van der Waals surface area contributed by atoms with Crippen molar-refractivity contribution in [2.24, 2.45) is 0 Å². The van der Waals surface area contributed by atoms with Crippen LogP contribution in [0.15, 0.2) is 24.3 Å². The van der Waals surface area contributed by atoms with Crippen LogP contribution in [0, 0.1) is 0 Å². The molecular weight excluding hydrogens is 326 g/mol. The highest BCUT2D eigenvalue weighted by Gasteiger charge is 2.30. The maximum atomic E-state index is 11.4. The zero-order chi connectivity index (χ0) is 16.7. The lowest BCUT2D eigenvalue weighted by Crippen LogP contribution is -2.35. The summed E-state index contributed by atoms with van der Waals surface area (Å²) in [6.45, 7) is 4.42. The fourth-order valence-corrected chi connectivity index (χ4v) is 4.16. The van der Waals surface area contributed by atoms with E-state index in [1.165, 1.54) is 32.4 Å². The minimum absolute atomic E-state index is 0.129. The normalized spacial score (nSPS) is 21.7. The van der Waals surface area contributed by atoms with Gasteiger partial charge in [-0.2, -0.15) is 0 Å². The average molecular weight is 346 g/mol. The number of aromatic nitrogens is 1. The molecule has 0 spiro atoms. The van der Waals surface area contributed by atoms with Crippen molar-refractivity contribution >= 4 is 34.3 Å². The Kier molecular flexibility index (Phi) is 4.06. The lowest BCUT2D eigenvalue weighted by molar-refractivity contribution is 0.0699. The van der Waals surface area contributed by atoms with Gasteiger partial charge in [0.1, 0.15) is 5.82 Å². The second-order valence-corrected chi connectivity index (χ2v) is 7.00. The number of carboxylic acids is 1. The number of halogens is 1. The first-order valence-corrected chi connectivity index (χ1v) is 8.83. The predicted octanol–water partition coefficient (Wildman–Crippen LogP) is 3.26. The average Bonchev–Trinajstić information content (AvgIpc) is 3.25. The number of aromatic carboxylic acids is 1. The molecule has 2 aliphatic heterocycles. The molecule has 0 saturated carbocycles. The van der Waals surface area contributed by atoms with E-state index >= 15 is 0 Å². The van der Waals surface area contributed by atoms with Crippen LogP contribution in [0.25, 0.3) is 10.9 Å². The second-order valence-electron chi connectivity index (χ2n) is 6.60. The third-order valence-electron chi connectivity index (χ3n) is 5.16. The Morgan fingerprint density at radius 1 is 1.17 bits per heavy atom. The molecule has 1 atom stereocenters. The fraction of sp³-hybridized carbons (Fsp3) is 0.444. The van der Waals surface area contributed by atoms with Gasteiger partial charge in [-0.15, -0.1) is 0 Å². The van der Waals surface area contributed by atoms with E-state index in [1.807, 2.05) is 12.1 Å². The van der Waals surface area contributed by atoms with Crippen LogP contribution in [0.1, 0.15) is 29.6 Å². The topological polar surface area (TPSA) is 56.7 Å². The van der Waals surface area contributed by atoms with Gasteiger partial charge >= 0.3 is 5.97 Å². The van der Waals surface area contributed by atoms with E-state index in [-0.39, 0.29) is 10.6 Å². The van der Waals surface area contributed by atoms with E-state index < -0.39 is 5.97 Å². The van der Waals surface area contributed by atoms with E-state index in [9.17, 15) is 9.90 Å². The predicted molar refractivity (Wildman–Crippen MR) is 95.1 cm³/mol. The number of nitrogens with zero attached hydrogens (tertiary/aromatic N) is 3. The van der Waals surface area contributed by atoms with Crippen LogP contribution >= 0.6 is 11.6 Å². The number of likely N-dealkylation sites (tertiary alicyclic amines) is 1. The summed E-state index contributed by atoms with van der Waals surface area (Å²) in [6, 6.07) is 7.76. The maximum absolute atomic E-state index is 11.4. The number of pyridine rings is 1. The molecule has 4 rings (SSSR count). The Balaban J connectivity index is 1.62. The van der Waals surface area contributed by atoms with E-state index in [0.717, 1.165) is 18.9 Å². The smallest absolute Gasteiger partial charge is 0.337 e. The van der Waals surface area contributed by atoms with Gasteiger partial charge in [0, 0.05) is 24.5 Å². The van der Waals surface area contributed by atoms with Crippen molar-refractivity contribution in [3.63, 3.8) is 0 Å². The van der Waals surface area contributed by atoms with E-state index in [4.69, 9.17) is 11.6 Å².